The van der Waals surface area contributed by atoms with Gasteiger partial charge in [0.25, 0.3) is 0 Å². The second kappa shape index (κ2) is 9.62. The number of carbonyl (C=O) groups excluding carboxylic acids is 1. The summed E-state index contributed by atoms with van der Waals surface area (Å²) in [5.41, 5.74) is 3.23. The molecule has 0 saturated carbocycles. The lowest BCUT2D eigenvalue weighted by atomic mass is 9.85. The summed E-state index contributed by atoms with van der Waals surface area (Å²) in [5, 5.41) is 15.7. The zero-order valence-electron chi connectivity index (χ0n) is 20.0. The van der Waals surface area contributed by atoms with Gasteiger partial charge in [0, 0.05) is 30.1 Å². The second-order valence-corrected chi connectivity index (χ2v) is 8.65. The van der Waals surface area contributed by atoms with Gasteiger partial charge in [-0.3, -0.25) is 4.79 Å². The first-order valence-electron chi connectivity index (χ1n) is 11.7. The molecule has 0 fully saturated rings. The van der Waals surface area contributed by atoms with Crippen molar-refractivity contribution in [1.29, 1.82) is 0 Å². The van der Waals surface area contributed by atoms with E-state index in [1.54, 1.807) is 31.4 Å². The average molecular weight is 483 g/mol. The molecule has 7 heteroatoms. The molecule has 1 atom stereocenters. The Bertz CT molecular complexity index is 1620. The third-order valence-corrected chi connectivity index (χ3v) is 6.44. The van der Waals surface area contributed by atoms with Crippen molar-refractivity contribution in [3.05, 3.63) is 106 Å². The van der Waals surface area contributed by atoms with Crippen LogP contribution >= 0.6 is 0 Å². The lowest BCUT2D eigenvalue weighted by Gasteiger charge is -2.20. The molecule has 3 N–H and O–H groups in total. The fourth-order valence-electron chi connectivity index (χ4n) is 4.78. The molecule has 0 saturated heterocycles. The van der Waals surface area contributed by atoms with E-state index in [0.717, 1.165) is 27.7 Å². The van der Waals surface area contributed by atoms with Gasteiger partial charge in [0.2, 0.25) is 5.91 Å². The Hall–Kier alpha value is -4.52. The summed E-state index contributed by atoms with van der Waals surface area (Å²) in [4.78, 5) is 28.4. The Morgan fingerprint density at radius 2 is 1.72 bits per heavy atom. The van der Waals surface area contributed by atoms with Crippen LogP contribution in [0.15, 0.2) is 82.0 Å². The second-order valence-electron chi connectivity index (χ2n) is 8.65. The average Bonchev–Trinajstić information content (AvgIpc) is 3.24. The molecule has 5 rings (SSSR count). The number of carbonyl (C=O) groups is 1. The quantitative estimate of drug-likeness (QED) is 0.288. The molecular weight excluding hydrogens is 456 g/mol. The highest BCUT2D eigenvalue weighted by Gasteiger charge is 2.30. The number of hydrogen-bond acceptors (Lipinski definition) is 5. The first-order valence-corrected chi connectivity index (χ1v) is 11.7. The van der Waals surface area contributed by atoms with Gasteiger partial charge in [0.05, 0.1) is 24.0 Å². The van der Waals surface area contributed by atoms with E-state index >= 15 is 0 Å². The van der Waals surface area contributed by atoms with E-state index in [9.17, 15) is 14.7 Å². The van der Waals surface area contributed by atoms with Gasteiger partial charge in [-0.05, 0) is 47.9 Å². The van der Waals surface area contributed by atoms with Crippen molar-refractivity contribution in [1.82, 2.24) is 10.3 Å². The molecular formula is C29H26N2O5. The number of amides is 1. The molecule has 36 heavy (non-hydrogen) atoms. The van der Waals surface area contributed by atoms with Crippen molar-refractivity contribution < 1.29 is 19.1 Å². The zero-order valence-corrected chi connectivity index (χ0v) is 20.0. The molecule has 2 heterocycles. The molecule has 0 aliphatic heterocycles. The monoisotopic (exact) mass is 482 g/mol. The third-order valence-electron chi connectivity index (χ3n) is 6.44. The maximum absolute atomic E-state index is 13.4. The van der Waals surface area contributed by atoms with Gasteiger partial charge in [0.1, 0.15) is 17.1 Å². The van der Waals surface area contributed by atoms with Crippen molar-refractivity contribution in [2.75, 3.05) is 13.7 Å². The number of hydrogen-bond donors (Lipinski definition) is 3. The number of nitrogens with one attached hydrogen (secondary N) is 2. The molecule has 7 nitrogen and oxygen atoms in total. The normalized spacial score (nSPS) is 12.1. The highest BCUT2D eigenvalue weighted by atomic mass is 16.5. The number of aromatic amines is 1. The number of methoxy groups -OCH3 is 1. The van der Waals surface area contributed by atoms with E-state index in [1.165, 1.54) is 6.92 Å². The predicted molar refractivity (Wildman–Crippen MR) is 139 cm³/mol. The summed E-state index contributed by atoms with van der Waals surface area (Å²) in [7, 11) is 1.59. The molecule has 0 spiro atoms. The largest absolute Gasteiger partial charge is 0.507 e. The van der Waals surface area contributed by atoms with Crippen LogP contribution in [0.4, 0.5) is 0 Å². The van der Waals surface area contributed by atoms with Crippen LogP contribution in [0.3, 0.4) is 0 Å². The summed E-state index contributed by atoms with van der Waals surface area (Å²) < 4.78 is 11.0. The number of para-hydroxylation sites is 2. The lowest BCUT2D eigenvalue weighted by molar-refractivity contribution is -0.118. The van der Waals surface area contributed by atoms with Gasteiger partial charge in [-0.25, -0.2) is 4.79 Å². The van der Waals surface area contributed by atoms with Crippen LogP contribution in [-0.4, -0.2) is 29.7 Å². The minimum absolute atomic E-state index is 0.115. The molecule has 2 aromatic heterocycles. The fourth-order valence-corrected chi connectivity index (χ4v) is 4.78. The van der Waals surface area contributed by atoms with Crippen molar-refractivity contribution in [3.8, 4) is 11.5 Å². The number of aromatic nitrogens is 1. The SMILES string of the molecule is COc1ccc(C(c2[nH]c3ccccc3c2CCNC(C)=O)c2c(O)c3ccccc3oc2=O)cc1. The maximum atomic E-state index is 13.4. The zero-order chi connectivity index (χ0) is 25.2. The predicted octanol–water partition coefficient (Wildman–Crippen LogP) is 4.85. The lowest BCUT2D eigenvalue weighted by Crippen LogP contribution is -2.23. The molecule has 0 radical (unpaired) electrons. The Morgan fingerprint density at radius 3 is 2.44 bits per heavy atom. The first kappa shape index (κ1) is 23.2. The topological polar surface area (TPSA) is 105 Å². The maximum Gasteiger partial charge on any atom is 0.344 e. The molecule has 0 bridgehead atoms. The third kappa shape index (κ3) is 4.20. The number of H-pyrrole nitrogens is 1. The summed E-state index contributed by atoms with van der Waals surface area (Å²) in [5.74, 6) is -0.212. The van der Waals surface area contributed by atoms with Crippen LogP contribution in [0.1, 0.15) is 35.2 Å². The van der Waals surface area contributed by atoms with E-state index in [4.69, 9.17) is 9.15 Å². The van der Waals surface area contributed by atoms with Crippen LogP contribution < -0.4 is 15.7 Å². The van der Waals surface area contributed by atoms with E-state index < -0.39 is 11.5 Å². The molecule has 0 aliphatic carbocycles. The van der Waals surface area contributed by atoms with Crippen molar-refractivity contribution in [2.45, 2.75) is 19.3 Å². The van der Waals surface area contributed by atoms with Gasteiger partial charge in [-0.15, -0.1) is 0 Å². The smallest absolute Gasteiger partial charge is 0.344 e. The van der Waals surface area contributed by atoms with Crippen molar-refractivity contribution in [3.63, 3.8) is 0 Å². The Balaban J connectivity index is 1.78. The summed E-state index contributed by atoms with van der Waals surface area (Å²) in [6.45, 7) is 1.91. The Labute approximate surface area is 207 Å². The van der Waals surface area contributed by atoms with Crippen molar-refractivity contribution >= 4 is 27.8 Å². The number of aromatic hydroxyl groups is 1. The van der Waals surface area contributed by atoms with E-state index in [2.05, 4.69) is 10.3 Å². The molecule has 1 unspecified atom stereocenters. The van der Waals surface area contributed by atoms with E-state index in [-0.39, 0.29) is 17.2 Å². The Morgan fingerprint density at radius 1 is 1.03 bits per heavy atom. The number of benzene rings is 3. The molecule has 0 aliphatic rings. The molecule has 5 aromatic rings. The van der Waals surface area contributed by atoms with E-state index in [0.29, 0.717) is 29.7 Å². The molecule has 182 valence electrons. The number of ether oxygens (including phenoxy) is 1. The standard InChI is InChI=1S/C29H26N2O5/c1-17(32)30-16-15-21-20-7-3-5-9-23(20)31-27(21)25(18-11-13-19(35-2)14-12-18)26-28(33)22-8-4-6-10-24(22)36-29(26)34/h3-14,25,31,33H,15-16H2,1-2H3,(H,30,32). The number of fused-ring (bicyclic) bond motifs is 2. The van der Waals surface area contributed by atoms with Gasteiger partial charge < -0.3 is 24.6 Å². The van der Waals surface area contributed by atoms with Crippen LogP contribution in [-0.2, 0) is 11.2 Å². The number of rotatable bonds is 7. The Kier molecular flexibility index (Phi) is 6.21. The summed E-state index contributed by atoms with van der Waals surface area (Å²) in [6.07, 6.45) is 0.533. The highest BCUT2D eigenvalue weighted by molar-refractivity contribution is 5.87. The van der Waals surface area contributed by atoms with Gasteiger partial charge in [-0.2, -0.15) is 0 Å². The van der Waals surface area contributed by atoms with Gasteiger partial charge in [0.15, 0.2) is 0 Å². The minimum atomic E-state index is -0.656. The van der Waals surface area contributed by atoms with Crippen LogP contribution in [0.5, 0.6) is 11.5 Å². The molecule has 3 aromatic carbocycles. The van der Waals surface area contributed by atoms with Crippen LogP contribution in [0.2, 0.25) is 0 Å². The fraction of sp³-hybridized carbons (Fsp3) is 0.172. The molecule has 1 amide bonds. The summed E-state index contributed by atoms with van der Waals surface area (Å²) in [6, 6.07) is 22.2. The first-order chi connectivity index (χ1) is 17.5. The minimum Gasteiger partial charge on any atom is -0.507 e. The van der Waals surface area contributed by atoms with Gasteiger partial charge in [-0.1, -0.05) is 42.5 Å². The van der Waals surface area contributed by atoms with Gasteiger partial charge >= 0.3 is 5.63 Å². The van der Waals surface area contributed by atoms with E-state index in [1.807, 2.05) is 48.5 Å². The van der Waals surface area contributed by atoms with Crippen LogP contribution in [0, 0.1) is 0 Å². The summed E-state index contributed by atoms with van der Waals surface area (Å²) >= 11 is 0. The van der Waals surface area contributed by atoms with Crippen LogP contribution in [0.25, 0.3) is 21.9 Å². The highest BCUT2D eigenvalue weighted by Crippen LogP contribution is 2.41. The van der Waals surface area contributed by atoms with Crippen molar-refractivity contribution in [2.24, 2.45) is 0 Å².